The van der Waals surface area contributed by atoms with Crippen LogP contribution in [0.15, 0.2) is 36.7 Å². The van der Waals surface area contributed by atoms with Gasteiger partial charge in [-0.2, -0.15) is 0 Å². The average Bonchev–Trinajstić information content (AvgIpc) is 2.56. The van der Waals surface area contributed by atoms with E-state index in [1.807, 2.05) is 0 Å². The summed E-state index contributed by atoms with van der Waals surface area (Å²) in [6.45, 7) is 7.09. The lowest BCUT2D eigenvalue weighted by Gasteiger charge is -2.31. The van der Waals surface area contributed by atoms with Crippen LogP contribution >= 0.6 is 0 Å². The van der Waals surface area contributed by atoms with Crippen molar-refractivity contribution in [1.29, 1.82) is 0 Å². The van der Waals surface area contributed by atoms with Crippen molar-refractivity contribution < 1.29 is 0 Å². The van der Waals surface area contributed by atoms with E-state index in [-0.39, 0.29) is 0 Å². The molecule has 0 atom stereocenters. The highest BCUT2D eigenvalue weighted by atomic mass is 15.1. The second-order valence-electron chi connectivity index (χ2n) is 6.60. The quantitative estimate of drug-likeness (QED) is 0.819. The Morgan fingerprint density at radius 1 is 1.25 bits per heavy atom. The van der Waals surface area contributed by atoms with Crippen LogP contribution in [0.4, 0.5) is 11.5 Å². The van der Waals surface area contributed by atoms with E-state index in [1.165, 1.54) is 11.3 Å². The van der Waals surface area contributed by atoms with Gasteiger partial charge in [0.15, 0.2) is 0 Å². The van der Waals surface area contributed by atoms with Crippen molar-refractivity contribution in [2.24, 2.45) is 5.73 Å². The molecule has 0 spiro atoms. The van der Waals surface area contributed by atoms with E-state index in [4.69, 9.17) is 5.73 Å². The standard InChI is InChI=1S/C19H27N5/c1-3-24(17-6-4-5-14(2)9-17)8-7-21-19-12-18(22-13-23-19)15-10-16(20)11-15/h4-6,9,12-13,15-16H,3,7-8,10-11,20H2,1-2H3,(H,21,22,23). The molecule has 1 heterocycles. The maximum atomic E-state index is 5.87. The molecule has 1 aliphatic carbocycles. The minimum Gasteiger partial charge on any atom is -0.370 e. The molecule has 5 heteroatoms. The Bertz CT molecular complexity index is 666. The van der Waals surface area contributed by atoms with Crippen LogP contribution in [0.2, 0.25) is 0 Å². The molecule has 1 saturated carbocycles. The fourth-order valence-electron chi connectivity index (χ4n) is 3.21. The van der Waals surface area contributed by atoms with Gasteiger partial charge in [0.2, 0.25) is 0 Å². The van der Waals surface area contributed by atoms with Gasteiger partial charge in [0.05, 0.1) is 0 Å². The molecule has 3 rings (SSSR count). The Labute approximate surface area is 144 Å². The van der Waals surface area contributed by atoms with Crippen molar-refractivity contribution >= 4 is 11.5 Å². The molecule has 0 unspecified atom stereocenters. The third-order valence-electron chi connectivity index (χ3n) is 4.72. The molecular weight excluding hydrogens is 298 g/mol. The average molecular weight is 325 g/mol. The van der Waals surface area contributed by atoms with E-state index in [2.05, 4.69) is 64.4 Å². The summed E-state index contributed by atoms with van der Waals surface area (Å²) in [7, 11) is 0. The van der Waals surface area contributed by atoms with E-state index in [1.54, 1.807) is 6.33 Å². The lowest BCUT2D eigenvalue weighted by Crippen LogP contribution is -2.35. The van der Waals surface area contributed by atoms with Crippen LogP contribution in [0.3, 0.4) is 0 Å². The second kappa shape index (κ2) is 7.62. The zero-order chi connectivity index (χ0) is 16.9. The fourth-order valence-corrected chi connectivity index (χ4v) is 3.21. The second-order valence-corrected chi connectivity index (χ2v) is 6.60. The molecule has 5 nitrogen and oxygen atoms in total. The minimum atomic E-state index is 0.341. The zero-order valence-corrected chi connectivity index (χ0v) is 14.6. The molecule has 24 heavy (non-hydrogen) atoms. The molecule has 128 valence electrons. The van der Waals surface area contributed by atoms with Gasteiger partial charge in [0.25, 0.3) is 0 Å². The fraction of sp³-hybridized carbons (Fsp3) is 0.474. The number of aryl methyl sites for hydroxylation is 1. The number of nitrogens with one attached hydrogen (secondary N) is 1. The number of benzene rings is 1. The Morgan fingerprint density at radius 3 is 2.79 bits per heavy atom. The molecule has 0 aliphatic heterocycles. The highest BCUT2D eigenvalue weighted by molar-refractivity contribution is 5.48. The first kappa shape index (κ1) is 16.7. The van der Waals surface area contributed by atoms with E-state index in [9.17, 15) is 0 Å². The Hall–Kier alpha value is -2.14. The third-order valence-corrected chi connectivity index (χ3v) is 4.72. The normalized spacial score (nSPS) is 19.6. The summed E-state index contributed by atoms with van der Waals surface area (Å²) in [5.74, 6) is 1.41. The number of anilines is 2. The number of nitrogens with zero attached hydrogens (tertiary/aromatic N) is 3. The lowest BCUT2D eigenvalue weighted by atomic mass is 9.79. The summed E-state index contributed by atoms with van der Waals surface area (Å²) in [4.78, 5) is 11.1. The van der Waals surface area contributed by atoms with Gasteiger partial charge in [0.1, 0.15) is 12.1 Å². The van der Waals surface area contributed by atoms with E-state index in [0.717, 1.165) is 44.0 Å². The minimum absolute atomic E-state index is 0.341. The summed E-state index contributed by atoms with van der Waals surface area (Å²) < 4.78 is 0. The van der Waals surface area contributed by atoms with Crippen molar-refractivity contribution in [3.63, 3.8) is 0 Å². The Morgan fingerprint density at radius 2 is 2.08 bits per heavy atom. The van der Waals surface area contributed by atoms with Gasteiger partial charge < -0.3 is 16.0 Å². The van der Waals surface area contributed by atoms with Crippen molar-refractivity contribution in [1.82, 2.24) is 9.97 Å². The molecule has 1 aliphatic rings. The monoisotopic (exact) mass is 325 g/mol. The van der Waals surface area contributed by atoms with Gasteiger partial charge in [-0.1, -0.05) is 12.1 Å². The topological polar surface area (TPSA) is 67.1 Å². The van der Waals surface area contributed by atoms with Gasteiger partial charge in [-0.25, -0.2) is 9.97 Å². The molecular formula is C19H27N5. The van der Waals surface area contributed by atoms with E-state index < -0.39 is 0 Å². The Balaban J connectivity index is 1.54. The number of nitrogens with two attached hydrogens (primary N) is 1. The summed E-state index contributed by atoms with van der Waals surface area (Å²) in [6.07, 6.45) is 3.72. The Kier molecular flexibility index (Phi) is 5.30. The molecule has 2 aromatic rings. The highest BCUT2D eigenvalue weighted by Crippen LogP contribution is 2.34. The van der Waals surface area contributed by atoms with Crippen LogP contribution in [-0.2, 0) is 0 Å². The van der Waals surface area contributed by atoms with Gasteiger partial charge in [-0.05, 0) is 44.4 Å². The maximum absolute atomic E-state index is 5.87. The molecule has 0 amide bonds. The molecule has 1 fully saturated rings. The summed E-state index contributed by atoms with van der Waals surface area (Å²) >= 11 is 0. The van der Waals surface area contributed by atoms with Crippen LogP contribution in [0.1, 0.15) is 36.9 Å². The number of aromatic nitrogens is 2. The van der Waals surface area contributed by atoms with E-state index >= 15 is 0 Å². The molecule has 0 radical (unpaired) electrons. The summed E-state index contributed by atoms with van der Waals surface area (Å²) in [6, 6.07) is 11.0. The van der Waals surface area contributed by atoms with Crippen LogP contribution in [0.25, 0.3) is 0 Å². The first-order valence-electron chi connectivity index (χ1n) is 8.78. The molecule has 0 bridgehead atoms. The van der Waals surface area contributed by atoms with E-state index in [0.29, 0.717) is 12.0 Å². The highest BCUT2D eigenvalue weighted by Gasteiger charge is 2.28. The largest absolute Gasteiger partial charge is 0.370 e. The van der Waals surface area contributed by atoms with Crippen LogP contribution in [0.5, 0.6) is 0 Å². The van der Waals surface area contributed by atoms with Crippen molar-refractivity contribution in [3.8, 4) is 0 Å². The predicted molar refractivity (Wildman–Crippen MR) is 99.5 cm³/mol. The third kappa shape index (κ3) is 4.03. The van der Waals surface area contributed by atoms with Gasteiger partial charge in [0, 0.05) is 49.0 Å². The van der Waals surface area contributed by atoms with Crippen LogP contribution in [-0.4, -0.2) is 35.6 Å². The van der Waals surface area contributed by atoms with Crippen LogP contribution in [0, 0.1) is 6.92 Å². The lowest BCUT2D eigenvalue weighted by molar-refractivity contribution is 0.345. The smallest absolute Gasteiger partial charge is 0.129 e. The van der Waals surface area contributed by atoms with Crippen molar-refractivity contribution in [2.75, 3.05) is 29.9 Å². The number of hydrogen-bond donors (Lipinski definition) is 2. The number of rotatable bonds is 7. The number of hydrogen-bond acceptors (Lipinski definition) is 5. The molecule has 1 aromatic carbocycles. The summed E-state index contributed by atoms with van der Waals surface area (Å²) in [5, 5.41) is 3.42. The first-order valence-corrected chi connectivity index (χ1v) is 8.78. The van der Waals surface area contributed by atoms with Gasteiger partial charge in [-0.3, -0.25) is 0 Å². The molecule has 3 N–H and O–H groups in total. The van der Waals surface area contributed by atoms with Gasteiger partial charge in [-0.15, -0.1) is 0 Å². The number of likely N-dealkylation sites (N-methyl/N-ethyl adjacent to an activating group) is 1. The van der Waals surface area contributed by atoms with Crippen molar-refractivity contribution in [3.05, 3.63) is 47.9 Å². The van der Waals surface area contributed by atoms with Crippen molar-refractivity contribution in [2.45, 2.75) is 38.6 Å². The SMILES string of the molecule is CCN(CCNc1cc(C2CC(N)C2)ncn1)c1cccc(C)c1. The maximum Gasteiger partial charge on any atom is 0.129 e. The molecule has 1 aromatic heterocycles. The first-order chi connectivity index (χ1) is 11.7. The molecule has 0 saturated heterocycles. The predicted octanol–water partition coefficient (Wildman–Crippen LogP) is 2.93. The van der Waals surface area contributed by atoms with Gasteiger partial charge >= 0.3 is 0 Å². The zero-order valence-electron chi connectivity index (χ0n) is 14.6. The summed E-state index contributed by atoms with van der Waals surface area (Å²) in [5.41, 5.74) is 9.55. The van der Waals surface area contributed by atoms with Crippen LogP contribution < -0.4 is 16.0 Å².